The fourth-order valence-corrected chi connectivity index (χ4v) is 2.13. The van der Waals surface area contributed by atoms with Crippen molar-refractivity contribution in [1.82, 2.24) is 9.97 Å². The maximum Gasteiger partial charge on any atom is 0.336 e. The van der Waals surface area contributed by atoms with Crippen molar-refractivity contribution in [2.45, 2.75) is 6.54 Å². The van der Waals surface area contributed by atoms with E-state index in [2.05, 4.69) is 15.3 Å². The maximum absolute atomic E-state index is 11.4. The van der Waals surface area contributed by atoms with Crippen molar-refractivity contribution in [1.29, 1.82) is 0 Å². The van der Waals surface area contributed by atoms with Gasteiger partial charge in [-0.3, -0.25) is 4.98 Å². The van der Waals surface area contributed by atoms with Crippen LogP contribution in [0.1, 0.15) is 16.1 Å². The summed E-state index contributed by atoms with van der Waals surface area (Å²) in [6.45, 7) is 0.491. The average Bonchev–Trinajstić information content (AvgIpc) is 2.53. The van der Waals surface area contributed by atoms with E-state index in [0.717, 1.165) is 5.69 Å². The Morgan fingerprint density at radius 2 is 1.95 bits per heavy atom. The number of aromatic nitrogens is 2. The van der Waals surface area contributed by atoms with E-state index in [1.807, 2.05) is 24.3 Å². The molecule has 0 saturated carbocycles. The number of carbonyl (C=O) groups is 1. The summed E-state index contributed by atoms with van der Waals surface area (Å²) in [6.07, 6.45) is 1.72. The SMILES string of the molecule is O=C(O)c1cc(NCc2ccccn2)nc2ccccc12. The van der Waals surface area contributed by atoms with Gasteiger partial charge in [0.1, 0.15) is 5.82 Å². The molecule has 0 fully saturated rings. The first-order chi connectivity index (χ1) is 10.2. The highest BCUT2D eigenvalue weighted by Crippen LogP contribution is 2.21. The first-order valence-corrected chi connectivity index (χ1v) is 6.51. The van der Waals surface area contributed by atoms with E-state index in [0.29, 0.717) is 23.3 Å². The van der Waals surface area contributed by atoms with Gasteiger partial charge in [0.25, 0.3) is 0 Å². The third-order valence-corrected chi connectivity index (χ3v) is 3.12. The van der Waals surface area contributed by atoms with Crippen molar-refractivity contribution in [2.75, 3.05) is 5.32 Å². The summed E-state index contributed by atoms with van der Waals surface area (Å²) < 4.78 is 0. The first kappa shape index (κ1) is 13.1. The summed E-state index contributed by atoms with van der Waals surface area (Å²) in [5.74, 6) is -0.439. The summed E-state index contributed by atoms with van der Waals surface area (Å²) >= 11 is 0. The molecule has 0 radical (unpaired) electrons. The van der Waals surface area contributed by atoms with Gasteiger partial charge in [-0.15, -0.1) is 0 Å². The lowest BCUT2D eigenvalue weighted by atomic mass is 10.1. The number of carboxylic acids is 1. The Morgan fingerprint density at radius 1 is 1.14 bits per heavy atom. The number of nitrogens with one attached hydrogen (secondary N) is 1. The normalized spacial score (nSPS) is 10.5. The molecule has 2 aromatic heterocycles. The Hall–Kier alpha value is -2.95. The number of rotatable bonds is 4. The Morgan fingerprint density at radius 3 is 2.71 bits per heavy atom. The van der Waals surface area contributed by atoms with Crippen LogP contribution in [-0.4, -0.2) is 21.0 Å². The van der Waals surface area contributed by atoms with E-state index in [-0.39, 0.29) is 5.56 Å². The third kappa shape index (κ3) is 2.81. The summed E-state index contributed by atoms with van der Waals surface area (Å²) in [4.78, 5) is 20.0. The van der Waals surface area contributed by atoms with Crippen LogP contribution in [0.2, 0.25) is 0 Å². The molecule has 0 aliphatic heterocycles. The molecule has 0 spiro atoms. The van der Waals surface area contributed by atoms with Crippen LogP contribution in [-0.2, 0) is 6.54 Å². The molecular weight excluding hydrogens is 266 g/mol. The molecule has 104 valence electrons. The summed E-state index contributed by atoms with van der Waals surface area (Å²) in [7, 11) is 0. The fraction of sp³-hybridized carbons (Fsp3) is 0.0625. The van der Waals surface area contributed by atoms with Gasteiger partial charge in [0.15, 0.2) is 0 Å². The number of hydrogen-bond donors (Lipinski definition) is 2. The van der Waals surface area contributed by atoms with Crippen molar-refractivity contribution in [3.63, 3.8) is 0 Å². The number of nitrogens with zero attached hydrogens (tertiary/aromatic N) is 2. The average molecular weight is 279 g/mol. The number of carboxylic acid groups (broad SMARTS) is 1. The Bertz CT molecular complexity index is 788. The van der Waals surface area contributed by atoms with E-state index >= 15 is 0 Å². The van der Waals surface area contributed by atoms with Gasteiger partial charge in [-0.25, -0.2) is 9.78 Å². The smallest absolute Gasteiger partial charge is 0.336 e. The molecule has 5 nitrogen and oxygen atoms in total. The summed E-state index contributed by atoms with van der Waals surface area (Å²) in [5, 5.41) is 13.1. The van der Waals surface area contributed by atoms with Crippen molar-refractivity contribution in [3.8, 4) is 0 Å². The van der Waals surface area contributed by atoms with Gasteiger partial charge in [-0.1, -0.05) is 24.3 Å². The van der Waals surface area contributed by atoms with Gasteiger partial charge in [0.2, 0.25) is 0 Å². The van der Waals surface area contributed by atoms with Crippen LogP contribution < -0.4 is 5.32 Å². The largest absolute Gasteiger partial charge is 0.478 e. The Balaban J connectivity index is 1.94. The molecule has 5 heteroatoms. The molecule has 0 atom stereocenters. The zero-order valence-corrected chi connectivity index (χ0v) is 11.2. The number of aromatic carboxylic acids is 1. The van der Waals surface area contributed by atoms with Crippen LogP contribution in [0.15, 0.2) is 54.7 Å². The molecule has 0 saturated heterocycles. The molecule has 21 heavy (non-hydrogen) atoms. The van der Waals surface area contributed by atoms with Gasteiger partial charge < -0.3 is 10.4 Å². The fourth-order valence-electron chi connectivity index (χ4n) is 2.13. The second-order valence-corrected chi connectivity index (χ2v) is 4.55. The van der Waals surface area contributed by atoms with E-state index in [1.54, 1.807) is 30.5 Å². The van der Waals surface area contributed by atoms with Gasteiger partial charge >= 0.3 is 5.97 Å². The Kier molecular flexibility index (Phi) is 3.47. The number of fused-ring (bicyclic) bond motifs is 1. The maximum atomic E-state index is 11.4. The molecule has 0 unspecified atom stereocenters. The van der Waals surface area contributed by atoms with E-state index < -0.39 is 5.97 Å². The zero-order valence-electron chi connectivity index (χ0n) is 11.2. The van der Waals surface area contributed by atoms with Gasteiger partial charge in [0, 0.05) is 11.6 Å². The lowest BCUT2D eigenvalue weighted by Gasteiger charge is -2.08. The molecule has 0 aliphatic carbocycles. The highest BCUT2D eigenvalue weighted by atomic mass is 16.4. The van der Waals surface area contributed by atoms with Crippen molar-refractivity contribution >= 4 is 22.7 Å². The number of benzene rings is 1. The molecule has 2 N–H and O–H groups in total. The minimum Gasteiger partial charge on any atom is -0.478 e. The molecule has 3 rings (SSSR count). The lowest BCUT2D eigenvalue weighted by Crippen LogP contribution is -2.06. The number of hydrogen-bond acceptors (Lipinski definition) is 4. The summed E-state index contributed by atoms with van der Waals surface area (Å²) in [6, 6.07) is 14.4. The lowest BCUT2D eigenvalue weighted by molar-refractivity contribution is 0.0699. The van der Waals surface area contributed by atoms with Crippen LogP contribution >= 0.6 is 0 Å². The van der Waals surface area contributed by atoms with Gasteiger partial charge in [-0.05, 0) is 24.3 Å². The topological polar surface area (TPSA) is 75.1 Å². The van der Waals surface area contributed by atoms with Gasteiger partial charge in [0.05, 0.1) is 23.3 Å². The van der Waals surface area contributed by atoms with E-state index in [9.17, 15) is 9.90 Å². The number of anilines is 1. The molecule has 3 aromatic rings. The van der Waals surface area contributed by atoms with E-state index in [1.165, 1.54) is 0 Å². The molecule has 1 aromatic carbocycles. The highest BCUT2D eigenvalue weighted by Gasteiger charge is 2.11. The number of para-hydroxylation sites is 1. The van der Waals surface area contributed by atoms with Crippen LogP contribution in [0.5, 0.6) is 0 Å². The molecule has 0 bridgehead atoms. The molecule has 2 heterocycles. The van der Waals surface area contributed by atoms with Crippen LogP contribution in [0.4, 0.5) is 5.82 Å². The minimum absolute atomic E-state index is 0.240. The highest BCUT2D eigenvalue weighted by molar-refractivity contribution is 6.03. The second-order valence-electron chi connectivity index (χ2n) is 4.55. The van der Waals surface area contributed by atoms with Crippen LogP contribution in [0, 0.1) is 0 Å². The zero-order chi connectivity index (χ0) is 14.7. The minimum atomic E-state index is -0.963. The molecule has 0 amide bonds. The van der Waals surface area contributed by atoms with Crippen molar-refractivity contribution in [2.24, 2.45) is 0 Å². The predicted octanol–water partition coefficient (Wildman–Crippen LogP) is 2.94. The predicted molar refractivity (Wildman–Crippen MR) is 80.3 cm³/mol. The monoisotopic (exact) mass is 279 g/mol. The third-order valence-electron chi connectivity index (χ3n) is 3.12. The first-order valence-electron chi connectivity index (χ1n) is 6.51. The van der Waals surface area contributed by atoms with Crippen molar-refractivity contribution < 1.29 is 9.90 Å². The summed E-state index contributed by atoms with van der Waals surface area (Å²) in [5.41, 5.74) is 1.76. The standard InChI is InChI=1S/C16H13N3O2/c20-16(21)13-9-15(18-10-11-5-3-4-8-17-11)19-14-7-2-1-6-12(13)14/h1-9H,10H2,(H,18,19)(H,20,21). The molecule has 0 aliphatic rings. The molecular formula is C16H13N3O2. The Labute approximate surface area is 121 Å². The van der Waals surface area contributed by atoms with Crippen LogP contribution in [0.3, 0.4) is 0 Å². The second kappa shape index (κ2) is 5.58. The van der Waals surface area contributed by atoms with Gasteiger partial charge in [-0.2, -0.15) is 0 Å². The van der Waals surface area contributed by atoms with E-state index in [4.69, 9.17) is 0 Å². The van der Waals surface area contributed by atoms with Crippen LogP contribution in [0.25, 0.3) is 10.9 Å². The quantitative estimate of drug-likeness (QED) is 0.768. The number of pyridine rings is 2. The van der Waals surface area contributed by atoms with Crippen molar-refractivity contribution in [3.05, 3.63) is 66.0 Å².